The fraction of sp³-hybridized carbons (Fsp3) is 0.0952. The van der Waals surface area contributed by atoms with Gasteiger partial charge in [-0.1, -0.05) is 35.9 Å². The van der Waals surface area contributed by atoms with E-state index in [2.05, 4.69) is 0 Å². The van der Waals surface area contributed by atoms with Crippen LogP contribution in [-0.4, -0.2) is 5.91 Å². The smallest absolute Gasteiger partial charge is 0.417 e. The number of primary amides is 1. The van der Waals surface area contributed by atoms with Crippen LogP contribution >= 0.6 is 11.6 Å². The highest BCUT2D eigenvalue weighted by atomic mass is 35.5. The van der Waals surface area contributed by atoms with Gasteiger partial charge in [-0.3, -0.25) is 4.79 Å². The molecule has 0 heterocycles. The Labute approximate surface area is 172 Å². The van der Waals surface area contributed by atoms with Crippen molar-refractivity contribution in [2.24, 2.45) is 5.73 Å². The second kappa shape index (κ2) is 8.31. The number of halogens is 6. The Morgan fingerprint density at radius 3 is 2.33 bits per heavy atom. The molecule has 3 aromatic carbocycles. The highest BCUT2D eigenvalue weighted by Gasteiger charge is 2.33. The molecule has 0 bridgehead atoms. The molecular formula is C21H13ClF5NO2. The molecule has 0 spiro atoms. The maximum Gasteiger partial charge on any atom is 0.417 e. The number of rotatable bonds is 5. The van der Waals surface area contributed by atoms with Crippen molar-refractivity contribution in [3.05, 3.63) is 87.9 Å². The van der Waals surface area contributed by atoms with Crippen molar-refractivity contribution in [3.8, 4) is 16.9 Å². The number of amides is 1. The van der Waals surface area contributed by atoms with Gasteiger partial charge in [0.25, 0.3) is 5.91 Å². The predicted octanol–water partition coefficient (Wildman–Crippen LogP) is 5.98. The number of carbonyl (C=O) groups is 1. The molecule has 3 rings (SSSR count). The zero-order chi connectivity index (χ0) is 22.1. The van der Waals surface area contributed by atoms with Gasteiger partial charge in [0, 0.05) is 0 Å². The Hall–Kier alpha value is -3.13. The molecule has 0 aliphatic carbocycles. The summed E-state index contributed by atoms with van der Waals surface area (Å²) in [7, 11) is 0. The third-order valence-electron chi connectivity index (χ3n) is 4.23. The van der Waals surface area contributed by atoms with Gasteiger partial charge in [0.1, 0.15) is 18.0 Å². The lowest BCUT2D eigenvalue weighted by molar-refractivity contribution is -0.137. The summed E-state index contributed by atoms with van der Waals surface area (Å²) >= 11 is 5.76. The van der Waals surface area contributed by atoms with Gasteiger partial charge >= 0.3 is 6.18 Å². The normalized spacial score (nSPS) is 11.4. The largest absolute Gasteiger partial charge is 0.486 e. The summed E-state index contributed by atoms with van der Waals surface area (Å²) in [6.07, 6.45) is -4.56. The molecule has 0 aliphatic rings. The average Bonchev–Trinajstić information content (AvgIpc) is 2.66. The van der Waals surface area contributed by atoms with Gasteiger partial charge in [-0.05, 0) is 47.0 Å². The van der Waals surface area contributed by atoms with Gasteiger partial charge in [-0.15, -0.1) is 0 Å². The first-order valence-electron chi connectivity index (χ1n) is 8.44. The van der Waals surface area contributed by atoms with Crippen LogP contribution in [0.25, 0.3) is 11.1 Å². The van der Waals surface area contributed by atoms with Gasteiger partial charge in [0.2, 0.25) is 0 Å². The van der Waals surface area contributed by atoms with Crippen LogP contribution in [0, 0.1) is 11.6 Å². The quantitative estimate of drug-likeness (QED) is 0.495. The molecule has 3 aromatic rings. The van der Waals surface area contributed by atoms with Crippen LogP contribution in [0.2, 0.25) is 5.02 Å². The predicted molar refractivity (Wildman–Crippen MR) is 101 cm³/mol. The molecule has 156 valence electrons. The first-order chi connectivity index (χ1) is 14.1. The van der Waals surface area contributed by atoms with Crippen molar-refractivity contribution in [2.75, 3.05) is 0 Å². The summed E-state index contributed by atoms with van der Waals surface area (Å²) in [6.45, 7) is -0.150. The van der Waals surface area contributed by atoms with Crippen molar-refractivity contribution in [3.63, 3.8) is 0 Å². The molecule has 2 N–H and O–H groups in total. The number of benzene rings is 3. The van der Waals surface area contributed by atoms with E-state index in [4.69, 9.17) is 22.1 Å². The van der Waals surface area contributed by atoms with Gasteiger partial charge in [0.05, 0.1) is 10.6 Å². The highest BCUT2D eigenvalue weighted by molar-refractivity contribution is 6.31. The van der Waals surface area contributed by atoms with E-state index in [9.17, 15) is 26.7 Å². The summed E-state index contributed by atoms with van der Waals surface area (Å²) in [6, 6.07) is 11.8. The minimum Gasteiger partial charge on any atom is -0.486 e. The molecule has 0 radical (unpaired) electrons. The average molecular weight is 442 g/mol. The molecule has 0 fully saturated rings. The SMILES string of the molecule is NC(=O)c1c(F)ccc(OCc2cccc(-c3ccc(C(F)(F)F)c(Cl)c3)c2)c1F. The Morgan fingerprint density at radius 2 is 1.70 bits per heavy atom. The molecule has 3 nitrogen and oxygen atoms in total. The Bertz CT molecular complexity index is 1120. The molecule has 0 unspecified atom stereocenters. The summed E-state index contributed by atoms with van der Waals surface area (Å²) in [5, 5.41) is -0.436. The minimum absolute atomic E-state index is 0.150. The number of alkyl halides is 3. The first-order valence-corrected chi connectivity index (χ1v) is 8.82. The van der Waals surface area contributed by atoms with E-state index in [0.717, 1.165) is 18.2 Å². The summed E-state index contributed by atoms with van der Waals surface area (Å²) in [4.78, 5) is 11.2. The number of ether oxygens (including phenoxy) is 1. The molecule has 1 amide bonds. The molecule has 0 aromatic heterocycles. The van der Waals surface area contributed by atoms with Crippen LogP contribution in [-0.2, 0) is 12.8 Å². The maximum atomic E-state index is 14.2. The summed E-state index contributed by atoms with van der Waals surface area (Å²) < 4.78 is 71.7. The summed E-state index contributed by atoms with van der Waals surface area (Å²) in [5.41, 5.74) is 4.68. The van der Waals surface area contributed by atoms with Gasteiger partial charge in [-0.25, -0.2) is 8.78 Å². The fourth-order valence-corrected chi connectivity index (χ4v) is 3.08. The third kappa shape index (κ3) is 4.54. The van der Waals surface area contributed by atoms with Crippen molar-refractivity contribution >= 4 is 17.5 Å². The Balaban J connectivity index is 1.83. The van der Waals surface area contributed by atoms with Crippen LogP contribution in [0.15, 0.2) is 54.6 Å². The van der Waals surface area contributed by atoms with E-state index in [-0.39, 0.29) is 12.4 Å². The van der Waals surface area contributed by atoms with Crippen LogP contribution in [0.1, 0.15) is 21.5 Å². The molecular weight excluding hydrogens is 429 g/mol. The van der Waals surface area contributed by atoms with E-state index in [1.807, 2.05) is 0 Å². The third-order valence-corrected chi connectivity index (χ3v) is 4.54. The molecule has 0 saturated carbocycles. The number of hydrogen-bond donors (Lipinski definition) is 1. The van der Waals surface area contributed by atoms with E-state index in [1.165, 1.54) is 12.1 Å². The number of carbonyl (C=O) groups excluding carboxylic acids is 1. The zero-order valence-electron chi connectivity index (χ0n) is 15.1. The lowest BCUT2D eigenvalue weighted by Gasteiger charge is -2.12. The van der Waals surface area contributed by atoms with Crippen molar-refractivity contribution in [2.45, 2.75) is 12.8 Å². The molecule has 30 heavy (non-hydrogen) atoms. The molecule has 0 atom stereocenters. The van der Waals surface area contributed by atoms with Crippen molar-refractivity contribution in [1.29, 1.82) is 0 Å². The fourth-order valence-electron chi connectivity index (χ4n) is 2.80. The van der Waals surface area contributed by atoms with Gasteiger partial charge < -0.3 is 10.5 Å². The zero-order valence-corrected chi connectivity index (χ0v) is 15.8. The van der Waals surface area contributed by atoms with E-state index >= 15 is 0 Å². The minimum atomic E-state index is -4.56. The van der Waals surface area contributed by atoms with Crippen LogP contribution in [0.5, 0.6) is 5.75 Å². The standard InChI is InChI=1S/C21H13ClF5NO2/c22-15-9-13(4-5-14(15)21(25,26)27)12-3-1-2-11(8-12)10-30-17-7-6-16(23)18(19(17)24)20(28)29/h1-9H,10H2,(H2,28,29). The monoisotopic (exact) mass is 441 g/mol. The maximum absolute atomic E-state index is 14.2. The van der Waals surface area contributed by atoms with Gasteiger partial charge in [0.15, 0.2) is 11.6 Å². The summed E-state index contributed by atoms with van der Waals surface area (Å²) in [5.74, 6) is -3.95. The highest BCUT2D eigenvalue weighted by Crippen LogP contribution is 2.37. The number of hydrogen-bond acceptors (Lipinski definition) is 2. The Kier molecular flexibility index (Phi) is 5.98. The van der Waals surface area contributed by atoms with Gasteiger partial charge in [-0.2, -0.15) is 13.2 Å². The van der Waals surface area contributed by atoms with E-state index < -0.39 is 39.9 Å². The van der Waals surface area contributed by atoms with Crippen molar-refractivity contribution in [1.82, 2.24) is 0 Å². The molecule has 9 heteroatoms. The van der Waals surface area contributed by atoms with E-state index in [1.54, 1.807) is 24.3 Å². The Morgan fingerprint density at radius 1 is 1.00 bits per heavy atom. The van der Waals surface area contributed by atoms with Crippen LogP contribution in [0.4, 0.5) is 22.0 Å². The van der Waals surface area contributed by atoms with Crippen molar-refractivity contribution < 1.29 is 31.5 Å². The topological polar surface area (TPSA) is 52.3 Å². The number of nitrogens with two attached hydrogens (primary N) is 1. The second-order valence-corrected chi connectivity index (χ2v) is 6.69. The molecule has 0 saturated heterocycles. The lowest BCUT2D eigenvalue weighted by atomic mass is 10.0. The van der Waals surface area contributed by atoms with Crippen LogP contribution in [0.3, 0.4) is 0 Å². The van der Waals surface area contributed by atoms with E-state index in [0.29, 0.717) is 16.7 Å². The second-order valence-electron chi connectivity index (χ2n) is 6.28. The lowest BCUT2D eigenvalue weighted by Crippen LogP contribution is -2.16. The first kappa shape index (κ1) is 21.6. The van der Waals surface area contributed by atoms with Crippen LogP contribution < -0.4 is 10.5 Å². The molecule has 0 aliphatic heterocycles.